The van der Waals surface area contributed by atoms with Crippen LogP contribution in [0.3, 0.4) is 0 Å². The van der Waals surface area contributed by atoms with E-state index < -0.39 is 18.1 Å². The fraction of sp³-hybridized carbons (Fsp3) is 0.407. The number of rotatable bonds is 5. The van der Waals surface area contributed by atoms with Crippen LogP contribution >= 0.6 is 0 Å². The molecule has 1 atom stereocenters. The van der Waals surface area contributed by atoms with Gasteiger partial charge in [-0.05, 0) is 91.1 Å². The van der Waals surface area contributed by atoms with E-state index in [1.54, 1.807) is 6.07 Å². The third-order valence-electron chi connectivity index (χ3n) is 6.92. The average Bonchev–Trinajstić information content (AvgIpc) is 3.10. The van der Waals surface area contributed by atoms with Crippen LogP contribution in [-0.4, -0.2) is 18.7 Å². The van der Waals surface area contributed by atoms with Gasteiger partial charge in [0.2, 0.25) is 0 Å². The highest BCUT2D eigenvalue weighted by molar-refractivity contribution is 6.07. The lowest BCUT2D eigenvalue weighted by molar-refractivity contribution is -0.136. The first-order valence-electron chi connectivity index (χ1n) is 11.4. The van der Waals surface area contributed by atoms with Gasteiger partial charge in [0.05, 0.1) is 12.1 Å². The maximum absolute atomic E-state index is 13.1. The van der Waals surface area contributed by atoms with Gasteiger partial charge in [-0.1, -0.05) is 18.2 Å². The van der Waals surface area contributed by atoms with Gasteiger partial charge in [0.1, 0.15) is 17.4 Å². The molecule has 4 nitrogen and oxygen atoms in total. The third-order valence-corrected chi connectivity index (χ3v) is 6.92. The summed E-state index contributed by atoms with van der Waals surface area (Å²) in [6, 6.07) is 11.7. The van der Waals surface area contributed by atoms with Crippen molar-refractivity contribution in [2.45, 2.75) is 64.6 Å². The Morgan fingerprint density at radius 3 is 2.56 bits per heavy atom. The normalized spacial score (nSPS) is 19.7. The summed E-state index contributed by atoms with van der Waals surface area (Å²) in [4.78, 5) is 13.1. The standard InChI is InChI=1S/C27H27F3N2O2/c1-16-11-18(3)21(12-17(16)2)22-14-26(32-25(33)23(22)15-31)9-7-19-13-20(5-6-24(19)26)34-10-4-8-27(28,29)30/h5-6,11-13H,4,7-10,14H2,1-3H3,(H,32,33)/t26-/m0/s1. The topological polar surface area (TPSA) is 62.1 Å². The van der Waals surface area contributed by atoms with Crippen molar-refractivity contribution in [2.75, 3.05) is 6.61 Å². The molecule has 4 rings (SSSR count). The molecule has 0 bridgehead atoms. The fourth-order valence-corrected chi connectivity index (χ4v) is 5.08. The van der Waals surface area contributed by atoms with Crippen LogP contribution in [0.25, 0.3) is 5.57 Å². The Bertz CT molecular complexity index is 1220. The minimum atomic E-state index is -4.19. The van der Waals surface area contributed by atoms with Gasteiger partial charge < -0.3 is 10.1 Å². The van der Waals surface area contributed by atoms with Crippen molar-refractivity contribution in [3.8, 4) is 11.8 Å². The molecule has 1 aliphatic heterocycles. The molecule has 0 fully saturated rings. The number of halogens is 3. The molecule has 2 aromatic rings. The van der Waals surface area contributed by atoms with Crippen LogP contribution in [-0.2, 0) is 16.8 Å². The molecule has 0 radical (unpaired) electrons. The van der Waals surface area contributed by atoms with Crippen LogP contribution in [0.4, 0.5) is 13.2 Å². The number of aryl methyl sites for hydroxylation is 4. The predicted octanol–water partition coefficient (Wildman–Crippen LogP) is 5.97. The van der Waals surface area contributed by atoms with Crippen molar-refractivity contribution in [1.29, 1.82) is 5.26 Å². The van der Waals surface area contributed by atoms with Crippen LogP contribution in [0, 0.1) is 32.1 Å². The van der Waals surface area contributed by atoms with Crippen molar-refractivity contribution >= 4 is 11.5 Å². The summed E-state index contributed by atoms with van der Waals surface area (Å²) in [7, 11) is 0. The van der Waals surface area contributed by atoms with E-state index in [-0.39, 0.29) is 24.5 Å². The molecule has 0 unspecified atom stereocenters. The number of carbonyl (C=O) groups excluding carboxylic acids is 1. The van der Waals surface area contributed by atoms with Crippen molar-refractivity contribution in [1.82, 2.24) is 5.32 Å². The summed E-state index contributed by atoms with van der Waals surface area (Å²) >= 11 is 0. The van der Waals surface area contributed by atoms with E-state index in [0.717, 1.165) is 39.0 Å². The highest BCUT2D eigenvalue weighted by Gasteiger charge is 2.45. The molecule has 34 heavy (non-hydrogen) atoms. The fourth-order valence-electron chi connectivity index (χ4n) is 5.08. The van der Waals surface area contributed by atoms with Gasteiger partial charge >= 0.3 is 6.18 Å². The van der Waals surface area contributed by atoms with Gasteiger partial charge in [-0.2, -0.15) is 18.4 Å². The summed E-state index contributed by atoms with van der Waals surface area (Å²) in [5.74, 6) is 0.153. The van der Waals surface area contributed by atoms with E-state index >= 15 is 0 Å². The zero-order chi connectivity index (χ0) is 24.7. The second-order valence-corrected chi connectivity index (χ2v) is 9.32. The predicted molar refractivity (Wildman–Crippen MR) is 123 cm³/mol. The maximum atomic E-state index is 13.1. The minimum absolute atomic E-state index is 0.00928. The number of alkyl halides is 3. The number of nitriles is 1. The number of benzene rings is 2. The van der Waals surface area contributed by atoms with Gasteiger partial charge in [0.15, 0.2) is 0 Å². The quantitative estimate of drug-likeness (QED) is 0.550. The average molecular weight is 469 g/mol. The number of nitrogens with one attached hydrogen (secondary N) is 1. The van der Waals surface area contributed by atoms with E-state index in [9.17, 15) is 23.2 Å². The molecule has 0 aromatic heterocycles. The van der Waals surface area contributed by atoms with Gasteiger partial charge in [-0.3, -0.25) is 4.79 Å². The summed E-state index contributed by atoms with van der Waals surface area (Å²) in [5.41, 5.74) is 6.46. The lowest BCUT2D eigenvalue weighted by atomic mass is 9.77. The van der Waals surface area contributed by atoms with Gasteiger partial charge in [-0.25, -0.2) is 0 Å². The molecular formula is C27H27F3N2O2. The van der Waals surface area contributed by atoms with Crippen LogP contribution in [0.15, 0.2) is 35.9 Å². The summed E-state index contributed by atoms with van der Waals surface area (Å²) < 4.78 is 42.6. The first-order valence-corrected chi connectivity index (χ1v) is 11.4. The van der Waals surface area contributed by atoms with Crippen molar-refractivity contribution < 1.29 is 22.7 Å². The lowest BCUT2D eigenvalue weighted by Gasteiger charge is -2.37. The number of hydrogen-bond acceptors (Lipinski definition) is 3. The molecule has 1 heterocycles. The van der Waals surface area contributed by atoms with Gasteiger partial charge in [0.25, 0.3) is 5.91 Å². The summed E-state index contributed by atoms with van der Waals surface area (Å²) in [6.45, 7) is 6.04. The highest BCUT2D eigenvalue weighted by atomic mass is 19.4. The van der Waals surface area contributed by atoms with Crippen LogP contribution in [0.5, 0.6) is 5.75 Å². The molecule has 1 amide bonds. The molecule has 2 aliphatic rings. The molecule has 2 aromatic carbocycles. The minimum Gasteiger partial charge on any atom is -0.494 e. The number of amides is 1. The molecule has 1 N–H and O–H groups in total. The van der Waals surface area contributed by atoms with Crippen LogP contribution < -0.4 is 10.1 Å². The molecule has 178 valence electrons. The summed E-state index contributed by atoms with van der Waals surface area (Å²) in [6.07, 6.45) is -3.27. The number of nitrogens with zero attached hydrogens (tertiary/aromatic N) is 1. The molecule has 0 saturated carbocycles. The maximum Gasteiger partial charge on any atom is 0.389 e. The molecule has 1 spiro atoms. The number of fused-ring (bicyclic) bond motifs is 2. The first-order chi connectivity index (χ1) is 16.0. The van der Waals surface area contributed by atoms with Crippen LogP contribution in [0.2, 0.25) is 0 Å². The molecule has 1 aliphatic carbocycles. The van der Waals surface area contributed by atoms with E-state index in [4.69, 9.17) is 4.74 Å². The second-order valence-electron chi connectivity index (χ2n) is 9.32. The Kier molecular flexibility index (Phi) is 6.20. The van der Waals surface area contributed by atoms with E-state index in [0.29, 0.717) is 25.0 Å². The zero-order valence-corrected chi connectivity index (χ0v) is 19.5. The smallest absolute Gasteiger partial charge is 0.389 e. The Morgan fingerprint density at radius 1 is 1.12 bits per heavy atom. The van der Waals surface area contributed by atoms with E-state index in [1.807, 2.05) is 32.9 Å². The monoisotopic (exact) mass is 468 g/mol. The Labute approximate surface area is 197 Å². The van der Waals surface area contributed by atoms with Crippen molar-refractivity contribution in [3.05, 3.63) is 69.3 Å². The Morgan fingerprint density at radius 2 is 1.85 bits per heavy atom. The number of carbonyl (C=O) groups is 1. The van der Waals surface area contributed by atoms with Crippen molar-refractivity contribution in [2.24, 2.45) is 0 Å². The Hall–Kier alpha value is -3.27. The van der Waals surface area contributed by atoms with E-state index in [1.165, 1.54) is 0 Å². The molecule has 0 saturated heterocycles. The van der Waals surface area contributed by atoms with Crippen LogP contribution in [0.1, 0.15) is 59.1 Å². The molecular weight excluding hydrogens is 441 g/mol. The second kappa shape index (κ2) is 8.83. The van der Waals surface area contributed by atoms with Gasteiger partial charge in [-0.15, -0.1) is 0 Å². The number of hydrogen-bond donors (Lipinski definition) is 1. The largest absolute Gasteiger partial charge is 0.494 e. The number of ether oxygens (including phenoxy) is 1. The third kappa shape index (κ3) is 4.54. The van der Waals surface area contributed by atoms with Crippen molar-refractivity contribution in [3.63, 3.8) is 0 Å². The zero-order valence-electron chi connectivity index (χ0n) is 19.5. The lowest BCUT2D eigenvalue weighted by Crippen LogP contribution is -2.48. The summed E-state index contributed by atoms with van der Waals surface area (Å²) in [5, 5.41) is 12.9. The molecule has 7 heteroatoms. The van der Waals surface area contributed by atoms with E-state index in [2.05, 4.69) is 23.5 Å². The SMILES string of the molecule is Cc1cc(C)c(C2=C(C#N)C(=O)N[C@@]3(CCc4cc(OCCCC(F)(F)F)ccc43)C2)cc1C. The van der Waals surface area contributed by atoms with Gasteiger partial charge in [0, 0.05) is 12.8 Å². The Balaban J connectivity index is 1.62. The highest BCUT2D eigenvalue weighted by Crippen LogP contribution is 2.47. The first kappa shape index (κ1) is 23.9.